The van der Waals surface area contributed by atoms with Crippen molar-refractivity contribution in [1.29, 1.82) is 0 Å². The summed E-state index contributed by atoms with van der Waals surface area (Å²) in [7, 11) is 0. The Morgan fingerprint density at radius 2 is 1.89 bits per heavy atom. The molecule has 0 bridgehead atoms. The highest BCUT2D eigenvalue weighted by Crippen LogP contribution is 2.31. The molecule has 1 heterocycles. The van der Waals surface area contributed by atoms with Gasteiger partial charge in [0, 0.05) is 10.9 Å². The first-order chi connectivity index (χ1) is 8.91. The lowest BCUT2D eigenvalue weighted by Gasteiger charge is -2.06. The molecule has 1 unspecified atom stereocenters. The molecule has 2 nitrogen and oxygen atoms in total. The van der Waals surface area contributed by atoms with Crippen molar-refractivity contribution in [1.82, 2.24) is 4.98 Å². The van der Waals surface area contributed by atoms with Gasteiger partial charge in [0.2, 0.25) is 0 Å². The molecule has 0 aliphatic rings. The Hall–Kier alpha value is -1.40. The minimum atomic E-state index is -4.31. The molecular formula is C13H13F3N2S. The van der Waals surface area contributed by atoms with E-state index in [0.717, 1.165) is 23.6 Å². The van der Waals surface area contributed by atoms with Gasteiger partial charge in [-0.05, 0) is 18.6 Å². The highest BCUT2D eigenvalue weighted by atomic mass is 32.1. The standard InChI is InChI=1S/C13H13F3N2S/c1-2-10(17)12-18-11(7-19-12)8-3-5-9(6-4-8)13(14,15)16/h3-7,10H,2,17H2,1H3. The first-order valence-corrected chi connectivity index (χ1v) is 6.68. The normalized spacial score (nSPS) is 13.5. The highest BCUT2D eigenvalue weighted by Gasteiger charge is 2.30. The molecule has 0 saturated carbocycles. The van der Waals surface area contributed by atoms with Crippen LogP contribution in [0.2, 0.25) is 0 Å². The fourth-order valence-electron chi connectivity index (χ4n) is 1.60. The molecule has 0 amide bonds. The van der Waals surface area contributed by atoms with Gasteiger partial charge >= 0.3 is 6.18 Å². The SMILES string of the molecule is CCC(N)c1nc(-c2ccc(C(F)(F)F)cc2)cs1. The number of thiazole rings is 1. The van der Waals surface area contributed by atoms with Crippen LogP contribution in [0.3, 0.4) is 0 Å². The van der Waals surface area contributed by atoms with Crippen LogP contribution in [0.5, 0.6) is 0 Å². The van der Waals surface area contributed by atoms with E-state index < -0.39 is 11.7 Å². The van der Waals surface area contributed by atoms with Crippen LogP contribution in [-0.4, -0.2) is 4.98 Å². The van der Waals surface area contributed by atoms with Crippen molar-refractivity contribution in [3.63, 3.8) is 0 Å². The molecule has 0 spiro atoms. The molecule has 0 saturated heterocycles. The lowest BCUT2D eigenvalue weighted by molar-refractivity contribution is -0.137. The van der Waals surface area contributed by atoms with Crippen molar-refractivity contribution in [2.24, 2.45) is 5.73 Å². The Balaban J connectivity index is 2.25. The van der Waals surface area contributed by atoms with E-state index in [1.807, 2.05) is 12.3 Å². The summed E-state index contributed by atoms with van der Waals surface area (Å²) >= 11 is 1.43. The number of aromatic nitrogens is 1. The number of halogens is 3. The molecule has 0 aliphatic heterocycles. The first-order valence-electron chi connectivity index (χ1n) is 5.80. The van der Waals surface area contributed by atoms with Gasteiger partial charge in [-0.15, -0.1) is 11.3 Å². The molecule has 2 N–H and O–H groups in total. The molecule has 6 heteroatoms. The predicted molar refractivity (Wildman–Crippen MR) is 69.8 cm³/mol. The summed E-state index contributed by atoms with van der Waals surface area (Å²) in [4.78, 5) is 4.36. The maximum atomic E-state index is 12.4. The van der Waals surface area contributed by atoms with Gasteiger partial charge in [0.25, 0.3) is 0 Å². The Morgan fingerprint density at radius 3 is 2.42 bits per heavy atom. The quantitative estimate of drug-likeness (QED) is 0.916. The van der Waals surface area contributed by atoms with E-state index in [1.165, 1.54) is 23.5 Å². The van der Waals surface area contributed by atoms with Crippen LogP contribution >= 0.6 is 11.3 Å². The number of nitrogens with zero attached hydrogens (tertiary/aromatic N) is 1. The van der Waals surface area contributed by atoms with Gasteiger partial charge in [0.1, 0.15) is 5.01 Å². The highest BCUT2D eigenvalue weighted by molar-refractivity contribution is 7.10. The third-order valence-corrected chi connectivity index (χ3v) is 3.76. The largest absolute Gasteiger partial charge is 0.416 e. The average molecular weight is 286 g/mol. The molecule has 19 heavy (non-hydrogen) atoms. The summed E-state index contributed by atoms with van der Waals surface area (Å²) < 4.78 is 37.3. The average Bonchev–Trinajstić information content (AvgIpc) is 2.86. The Labute approximate surface area is 113 Å². The molecule has 2 aromatic rings. The fraction of sp³-hybridized carbons (Fsp3) is 0.308. The Kier molecular flexibility index (Phi) is 3.91. The summed E-state index contributed by atoms with van der Waals surface area (Å²) in [6.07, 6.45) is -3.53. The molecule has 1 aromatic carbocycles. The maximum absolute atomic E-state index is 12.4. The van der Waals surface area contributed by atoms with E-state index in [4.69, 9.17) is 5.73 Å². The number of hydrogen-bond acceptors (Lipinski definition) is 3. The molecule has 1 aromatic heterocycles. The van der Waals surface area contributed by atoms with Gasteiger partial charge in [-0.2, -0.15) is 13.2 Å². The third kappa shape index (κ3) is 3.13. The zero-order valence-electron chi connectivity index (χ0n) is 10.2. The zero-order valence-corrected chi connectivity index (χ0v) is 11.1. The Bertz CT molecular complexity index is 546. The summed E-state index contributed by atoms with van der Waals surface area (Å²) in [5.74, 6) is 0. The van der Waals surface area contributed by atoms with E-state index in [1.54, 1.807) is 0 Å². The second kappa shape index (κ2) is 5.30. The van der Waals surface area contributed by atoms with Crippen molar-refractivity contribution in [2.45, 2.75) is 25.6 Å². The molecular weight excluding hydrogens is 273 g/mol. The van der Waals surface area contributed by atoms with Crippen LogP contribution in [-0.2, 0) is 6.18 Å². The number of rotatable bonds is 3. The number of benzene rings is 1. The van der Waals surface area contributed by atoms with Crippen LogP contribution in [0.4, 0.5) is 13.2 Å². The maximum Gasteiger partial charge on any atom is 0.416 e. The fourth-order valence-corrected chi connectivity index (χ4v) is 2.51. The third-order valence-electron chi connectivity index (χ3n) is 2.79. The van der Waals surface area contributed by atoms with E-state index in [0.29, 0.717) is 11.3 Å². The zero-order chi connectivity index (χ0) is 14.0. The van der Waals surface area contributed by atoms with E-state index >= 15 is 0 Å². The topological polar surface area (TPSA) is 38.9 Å². The molecule has 0 radical (unpaired) electrons. The summed E-state index contributed by atoms with van der Waals surface area (Å²) in [6, 6.07) is 4.87. The van der Waals surface area contributed by atoms with Crippen LogP contribution in [0.1, 0.15) is 30.0 Å². The lowest BCUT2D eigenvalue weighted by Crippen LogP contribution is -2.07. The smallest absolute Gasteiger partial charge is 0.322 e. The van der Waals surface area contributed by atoms with Gasteiger partial charge < -0.3 is 5.73 Å². The first kappa shape index (κ1) is 14.0. The van der Waals surface area contributed by atoms with Crippen molar-refractivity contribution in [3.8, 4) is 11.3 Å². The number of hydrogen-bond donors (Lipinski definition) is 1. The van der Waals surface area contributed by atoms with Crippen LogP contribution < -0.4 is 5.73 Å². The lowest BCUT2D eigenvalue weighted by atomic mass is 10.1. The minimum Gasteiger partial charge on any atom is -0.322 e. The molecule has 0 fully saturated rings. The van der Waals surface area contributed by atoms with E-state index in [-0.39, 0.29) is 6.04 Å². The predicted octanol–water partition coefficient (Wildman–Crippen LogP) is 4.24. The van der Waals surface area contributed by atoms with E-state index in [9.17, 15) is 13.2 Å². The monoisotopic (exact) mass is 286 g/mol. The molecule has 102 valence electrons. The second-order valence-corrected chi connectivity index (χ2v) is 5.05. The van der Waals surface area contributed by atoms with Gasteiger partial charge in [-0.3, -0.25) is 0 Å². The molecule has 2 rings (SSSR count). The second-order valence-electron chi connectivity index (χ2n) is 4.16. The molecule has 0 aliphatic carbocycles. The van der Waals surface area contributed by atoms with Gasteiger partial charge in [0.15, 0.2) is 0 Å². The minimum absolute atomic E-state index is 0.117. The molecule has 1 atom stereocenters. The van der Waals surface area contributed by atoms with E-state index in [2.05, 4.69) is 4.98 Å². The van der Waals surface area contributed by atoms with Crippen molar-refractivity contribution in [2.75, 3.05) is 0 Å². The summed E-state index contributed by atoms with van der Waals surface area (Å²) in [5.41, 5.74) is 6.54. The van der Waals surface area contributed by atoms with Crippen LogP contribution in [0, 0.1) is 0 Å². The summed E-state index contributed by atoms with van der Waals surface area (Å²) in [6.45, 7) is 1.96. The van der Waals surface area contributed by atoms with Crippen LogP contribution in [0.15, 0.2) is 29.6 Å². The Morgan fingerprint density at radius 1 is 1.26 bits per heavy atom. The van der Waals surface area contributed by atoms with Gasteiger partial charge in [-0.25, -0.2) is 4.98 Å². The van der Waals surface area contributed by atoms with Gasteiger partial charge in [0.05, 0.1) is 17.3 Å². The van der Waals surface area contributed by atoms with Crippen molar-refractivity contribution in [3.05, 3.63) is 40.2 Å². The van der Waals surface area contributed by atoms with Crippen molar-refractivity contribution < 1.29 is 13.2 Å². The number of alkyl halides is 3. The van der Waals surface area contributed by atoms with Crippen LogP contribution in [0.25, 0.3) is 11.3 Å². The van der Waals surface area contributed by atoms with Gasteiger partial charge in [-0.1, -0.05) is 19.1 Å². The summed E-state index contributed by atoms with van der Waals surface area (Å²) in [5, 5.41) is 2.62. The van der Waals surface area contributed by atoms with Crippen molar-refractivity contribution >= 4 is 11.3 Å². The number of nitrogens with two attached hydrogens (primary N) is 1.